The van der Waals surface area contributed by atoms with Gasteiger partial charge < -0.3 is 9.64 Å². The molecule has 1 aromatic heterocycles. The Balaban J connectivity index is 1.57. The summed E-state index contributed by atoms with van der Waals surface area (Å²) in [6.45, 7) is 3.39. The molecule has 0 fully saturated rings. The summed E-state index contributed by atoms with van der Waals surface area (Å²) in [5.74, 6) is -0.631. The molecule has 3 rings (SSSR count). The van der Waals surface area contributed by atoms with E-state index in [1.807, 2.05) is 31.2 Å². The third-order valence-electron chi connectivity index (χ3n) is 4.90. The summed E-state index contributed by atoms with van der Waals surface area (Å²) in [5.41, 5.74) is 2.61. The van der Waals surface area contributed by atoms with Gasteiger partial charge in [-0.2, -0.15) is 0 Å². The average molecular weight is 395 g/mol. The number of amides is 3. The summed E-state index contributed by atoms with van der Waals surface area (Å²) >= 11 is 0. The smallest absolute Gasteiger partial charge is 0.261 e. The van der Waals surface area contributed by atoms with Crippen molar-refractivity contribution in [2.45, 2.75) is 26.3 Å². The topological polar surface area (TPSA) is 79.8 Å². The van der Waals surface area contributed by atoms with Crippen molar-refractivity contribution >= 4 is 17.7 Å². The van der Waals surface area contributed by atoms with Gasteiger partial charge in [0.15, 0.2) is 0 Å². The zero-order valence-electron chi connectivity index (χ0n) is 16.8. The van der Waals surface area contributed by atoms with Crippen LogP contribution in [0.15, 0.2) is 42.6 Å². The van der Waals surface area contributed by atoms with Gasteiger partial charge in [0.05, 0.1) is 30.0 Å². The molecule has 2 heterocycles. The van der Waals surface area contributed by atoms with Gasteiger partial charge in [0, 0.05) is 32.8 Å². The summed E-state index contributed by atoms with van der Waals surface area (Å²) in [7, 11) is 1.59. The van der Waals surface area contributed by atoms with Crippen molar-refractivity contribution in [3.05, 3.63) is 65.0 Å². The van der Waals surface area contributed by atoms with Gasteiger partial charge >= 0.3 is 0 Å². The first-order valence-corrected chi connectivity index (χ1v) is 9.64. The number of aromatic nitrogens is 1. The van der Waals surface area contributed by atoms with Crippen LogP contribution in [0.3, 0.4) is 0 Å². The maximum Gasteiger partial charge on any atom is 0.261 e. The Hall–Kier alpha value is -3.06. The Morgan fingerprint density at radius 2 is 1.93 bits per heavy atom. The number of hydrogen-bond donors (Lipinski definition) is 0. The van der Waals surface area contributed by atoms with Gasteiger partial charge in [-0.3, -0.25) is 24.3 Å². The van der Waals surface area contributed by atoms with Gasteiger partial charge in [0.1, 0.15) is 0 Å². The highest BCUT2D eigenvalue weighted by Crippen LogP contribution is 2.24. The second-order valence-electron chi connectivity index (χ2n) is 7.04. The van der Waals surface area contributed by atoms with Gasteiger partial charge in [0.25, 0.3) is 11.8 Å². The zero-order valence-corrected chi connectivity index (χ0v) is 16.8. The summed E-state index contributed by atoms with van der Waals surface area (Å²) < 4.78 is 5.11. The number of nitrogens with zero attached hydrogens (tertiary/aromatic N) is 3. The fourth-order valence-corrected chi connectivity index (χ4v) is 3.33. The maximum absolute atomic E-state index is 12.7. The highest BCUT2D eigenvalue weighted by atomic mass is 16.5. The lowest BCUT2D eigenvalue weighted by molar-refractivity contribution is -0.132. The fourth-order valence-electron chi connectivity index (χ4n) is 3.33. The Labute approximate surface area is 170 Å². The predicted molar refractivity (Wildman–Crippen MR) is 107 cm³/mol. The number of rotatable bonds is 9. The van der Waals surface area contributed by atoms with Crippen LogP contribution in [-0.2, 0) is 16.1 Å². The van der Waals surface area contributed by atoms with Gasteiger partial charge in [-0.15, -0.1) is 0 Å². The minimum atomic E-state index is -0.290. The number of ether oxygens (including phenoxy) is 1. The van der Waals surface area contributed by atoms with E-state index in [1.54, 1.807) is 30.3 Å². The first kappa shape index (κ1) is 20.7. The molecule has 3 amide bonds. The summed E-state index contributed by atoms with van der Waals surface area (Å²) in [6.07, 6.45) is 2.34. The van der Waals surface area contributed by atoms with E-state index in [4.69, 9.17) is 4.74 Å². The summed E-state index contributed by atoms with van der Waals surface area (Å²) in [6, 6.07) is 10.8. The molecule has 29 heavy (non-hydrogen) atoms. The van der Waals surface area contributed by atoms with E-state index < -0.39 is 0 Å². The van der Waals surface area contributed by atoms with Gasteiger partial charge in [-0.05, 0) is 37.6 Å². The van der Waals surface area contributed by atoms with Crippen molar-refractivity contribution in [2.75, 3.05) is 26.8 Å². The molecular formula is C22H25N3O4. The van der Waals surface area contributed by atoms with E-state index in [9.17, 15) is 14.4 Å². The number of carbonyl (C=O) groups is 3. The molecule has 7 nitrogen and oxygen atoms in total. The van der Waals surface area contributed by atoms with E-state index in [0.717, 1.165) is 11.3 Å². The average Bonchev–Trinajstić information content (AvgIpc) is 2.96. The molecule has 0 saturated heterocycles. The predicted octanol–water partition coefficient (Wildman–Crippen LogP) is 2.44. The molecule has 0 bridgehead atoms. The number of benzene rings is 1. The largest absolute Gasteiger partial charge is 0.383 e. The minimum Gasteiger partial charge on any atom is -0.383 e. The quantitative estimate of drug-likeness (QED) is 0.610. The third kappa shape index (κ3) is 4.86. The number of carbonyl (C=O) groups excluding carboxylic acids is 3. The molecule has 0 unspecified atom stereocenters. The number of fused-ring (bicyclic) bond motifs is 1. The lowest BCUT2D eigenvalue weighted by Gasteiger charge is -2.22. The zero-order chi connectivity index (χ0) is 20.8. The van der Waals surface area contributed by atoms with Crippen molar-refractivity contribution < 1.29 is 19.1 Å². The lowest BCUT2D eigenvalue weighted by Crippen LogP contribution is -2.35. The van der Waals surface area contributed by atoms with Crippen molar-refractivity contribution in [3.8, 4) is 0 Å². The molecular weight excluding hydrogens is 370 g/mol. The Bertz CT molecular complexity index is 898. The molecule has 1 aliphatic rings. The standard InChI is InChI=1S/C22H25N3O4/c1-16-8-9-18-19(14-16)22(28)25(21(18)27)11-5-7-20(26)24(12-13-29-2)15-17-6-3-4-10-23-17/h3-4,6,8-10,14H,5,7,11-13,15H2,1-2H3. The molecule has 0 atom stereocenters. The maximum atomic E-state index is 12.7. The summed E-state index contributed by atoms with van der Waals surface area (Å²) in [5, 5.41) is 0. The van der Waals surface area contributed by atoms with Crippen LogP contribution in [0, 0.1) is 6.92 Å². The van der Waals surface area contributed by atoms with E-state index in [1.165, 1.54) is 4.90 Å². The summed E-state index contributed by atoms with van der Waals surface area (Å²) in [4.78, 5) is 44.9. The second-order valence-corrected chi connectivity index (χ2v) is 7.04. The van der Waals surface area contributed by atoms with Gasteiger partial charge in [0.2, 0.25) is 5.91 Å². The van der Waals surface area contributed by atoms with Crippen molar-refractivity contribution in [1.29, 1.82) is 0 Å². The van der Waals surface area contributed by atoms with Crippen LogP contribution in [0.1, 0.15) is 44.8 Å². The van der Waals surface area contributed by atoms with Crippen molar-refractivity contribution in [3.63, 3.8) is 0 Å². The lowest BCUT2D eigenvalue weighted by atomic mass is 10.1. The Kier molecular flexibility index (Phi) is 6.72. The fraction of sp³-hybridized carbons (Fsp3) is 0.364. The molecule has 2 aromatic rings. The van der Waals surface area contributed by atoms with Crippen LogP contribution in [0.25, 0.3) is 0 Å². The van der Waals surface area contributed by atoms with Crippen LogP contribution in [-0.4, -0.2) is 59.3 Å². The molecule has 1 aliphatic heterocycles. The first-order chi connectivity index (χ1) is 14.0. The van der Waals surface area contributed by atoms with Crippen LogP contribution in [0.5, 0.6) is 0 Å². The molecule has 152 valence electrons. The van der Waals surface area contributed by atoms with E-state index in [0.29, 0.717) is 37.2 Å². The molecule has 1 aromatic carbocycles. The van der Waals surface area contributed by atoms with Crippen molar-refractivity contribution in [2.24, 2.45) is 0 Å². The molecule has 7 heteroatoms. The van der Waals surface area contributed by atoms with Crippen LogP contribution < -0.4 is 0 Å². The number of pyridine rings is 1. The highest BCUT2D eigenvalue weighted by Gasteiger charge is 2.35. The van der Waals surface area contributed by atoms with Crippen LogP contribution in [0.2, 0.25) is 0 Å². The third-order valence-corrected chi connectivity index (χ3v) is 4.90. The number of hydrogen-bond acceptors (Lipinski definition) is 5. The first-order valence-electron chi connectivity index (χ1n) is 9.64. The number of aryl methyl sites for hydroxylation is 1. The van der Waals surface area contributed by atoms with Crippen LogP contribution >= 0.6 is 0 Å². The van der Waals surface area contributed by atoms with E-state index in [-0.39, 0.29) is 30.7 Å². The molecule has 0 N–H and O–H groups in total. The second kappa shape index (κ2) is 9.43. The highest BCUT2D eigenvalue weighted by molar-refractivity contribution is 6.21. The normalized spacial score (nSPS) is 13.0. The number of imide groups is 1. The molecule has 0 radical (unpaired) electrons. The minimum absolute atomic E-state index is 0.0554. The van der Waals surface area contributed by atoms with Crippen LogP contribution in [0.4, 0.5) is 0 Å². The molecule has 0 spiro atoms. The van der Waals surface area contributed by atoms with E-state index in [2.05, 4.69) is 4.98 Å². The Morgan fingerprint density at radius 1 is 1.14 bits per heavy atom. The number of methoxy groups -OCH3 is 1. The van der Waals surface area contributed by atoms with E-state index >= 15 is 0 Å². The van der Waals surface area contributed by atoms with Gasteiger partial charge in [-0.25, -0.2) is 0 Å². The van der Waals surface area contributed by atoms with Crippen molar-refractivity contribution in [1.82, 2.24) is 14.8 Å². The molecule has 0 saturated carbocycles. The Morgan fingerprint density at radius 3 is 2.66 bits per heavy atom. The monoisotopic (exact) mass is 395 g/mol. The molecule has 0 aliphatic carbocycles. The SMILES string of the molecule is COCCN(Cc1ccccn1)C(=O)CCCN1C(=O)c2ccc(C)cc2C1=O. The van der Waals surface area contributed by atoms with Gasteiger partial charge in [-0.1, -0.05) is 17.7 Å².